The summed E-state index contributed by atoms with van der Waals surface area (Å²) in [6.07, 6.45) is 0. The summed E-state index contributed by atoms with van der Waals surface area (Å²) >= 11 is 6.53. The van der Waals surface area contributed by atoms with Gasteiger partial charge in [-0.1, -0.05) is 53.5 Å². The van der Waals surface area contributed by atoms with Crippen LogP contribution in [0.2, 0.25) is 5.02 Å². The number of nitrogens with zero attached hydrogens (tertiary/aromatic N) is 4. The molecule has 32 heavy (non-hydrogen) atoms. The van der Waals surface area contributed by atoms with E-state index in [9.17, 15) is 4.79 Å². The fourth-order valence-corrected chi connectivity index (χ4v) is 4.20. The highest BCUT2D eigenvalue weighted by Gasteiger charge is 2.31. The minimum Gasteiger partial charge on any atom is -0.338 e. The van der Waals surface area contributed by atoms with Gasteiger partial charge in [-0.05, 0) is 43.8 Å². The zero-order chi connectivity index (χ0) is 22.7. The van der Waals surface area contributed by atoms with Crippen molar-refractivity contribution in [2.24, 2.45) is 0 Å². The number of carbonyl (C=O) groups is 1. The van der Waals surface area contributed by atoms with Crippen LogP contribution >= 0.6 is 11.6 Å². The molecule has 168 valence electrons. The quantitative estimate of drug-likeness (QED) is 0.529. The normalized spacial score (nSPS) is 13.3. The highest BCUT2D eigenvalue weighted by molar-refractivity contribution is 6.34. The molecule has 3 aromatic rings. The first-order valence-corrected chi connectivity index (χ1v) is 11.2. The van der Waals surface area contributed by atoms with Crippen molar-refractivity contribution in [1.29, 1.82) is 0 Å². The number of aromatic nitrogens is 2. The molecule has 0 spiro atoms. The first-order valence-electron chi connectivity index (χ1n) is 10.9. The Balaban J connectivity index is 1.51. The summed E-state index contributed by atoms with van der Waals surface area (Å²) in [6.45, 7) is 8.48. The Kier molecular flexibility index (Phi) is 6.89. The standard InChI is InChI=1S/C24H28ClN5O2/c1-4-29(10-9-26-3)15-21-27-23(28-32-21)18-11-19-14-30(24(31)22(19)20(25)12-18)13-17-7-5-16(2)6-8-17/h5-8,11-12,26H,4,9-10,13-15H2,1-3H3. The number of benzene rings is 2. The fraction of sp³-hybridized carbons (Fsp3) is 0.375. The highest BCUT2D eigenvalue weighted by Crippen LogP contribution is 2.34. The zero-order valence-corrected chi connectivity index (χ0v) is 19.4. The van der Waals surface area contributed by atoms with E-state index in [1.165, 1.54) is 5.56 Å². The van der Waals surface area contributed by atoms with Gasteiger partial charge in [-0.15, -0.1) is 0 Å². The molecule has 1 aliphatic heterocycles. The molecular formula is C24H28ClN5O2. The van der Waals surface area contributed by atoms with E-state index in [-0.39, 0.29) is 5.91 Å². The third kappa shape index (κ3) is 4.85. The van der Waals surface area contributed by atoms with Gasteiger partial charge < -0.3 is 14.7 Å². The Labute approximate surface area is 193 Å². The monoisotopic (exact) mass is 453 g/mol. The van der Waals surface area contributed by atoms with Gasteiger partial charge in [0.05, 0.1) is 17.1 Å². The number of hydrogen-bond acceptors (Lipinski definition) is 6. The van der Waals surface area contributed by atoms with Crippen LogP contribution in [-0.2, 0) is 19.6 Å². The van der Waals surface area contributed by atoms with Crippen molar-refractivity contribution in [2.75, 3.05) is 26.7 Å². The van der Waals surface area contributed by atoms with Crippen LogP contribution in [0.5, 0.6) is 0 Å². The van der Waals surface area contributed by atoms with Gasteiger partial charge in [0.1, 0.15) is 0 Å². The number of carbonyl (C=O) groups excluding carboxylic acids is 1. The lowest BCUT2D eigenvalue weighted by molar-refractivity contribution is 0.0767. The van der Waals surface area contributed by atoms with Gasteiger partial charge in [0.25, 0.3) is 5.91 Å². The largest absolute Gasteiger partial charge is 0.338 e. The Morgan fingerprint density at radius 2 is 2.03 bits per heavy atom. The van der Waals surface area contributed by atoms with Crippen LogP contribution in [0.15, 0.2) is 40.9 Å². The maximum absolute atomic E-state index is 13.0. The molecule has 0 unspecified atom stereocenters. The molecule has 0 aliphatic carbocycles. The molecule has 4 rings (SSSR count). The van der Waals surface area contributed by atoms with Crippen LogP contribution in [0.3, 0.4) is 0 Å². The molecule has 0 saturated carbocycles. The third-order valence-corrected chi connectivity index (χ3v) is 6.04. The molecule has 1 N–H and O–H groups in total. The second kappa shape index (κ2) is 9.81. The number of aryl methyl sites for hydroxylation is 1. The van der Waals surface area contributed by atoms with Gasteiger partial charge >= 0.3 is 0 Å². The number of likely N-dealkylation sites (N-methyl/N-ethyl adjacent to an activating group) is 2. The maximum Gasteiger partial charge on any atom is 0.256 e. The van der Waals surface area contributed by atoms with Crippen LogP contribution in [0.4, 0.5) is 0 Å². The topological polar surface area (TPSA) is 74.5 Å². The molecule has 0 fully saturated rings. The Bertz CT molecular complexity index is 1100. The van der Waals surface area contributed by atoms with Crippen molar-refractivity contribution in [3.8, 4) is 11.4 Å². The molecular weight excluding hydrogens is 426 g/mol. The van der Waals surface area contributed by atoms with Crippen molar-refractivity contribution in [1.82, 2.24) is 25.3 Å². The van der Waals surface area contributed by atoms with Crippen molar-refractivity contribution >= 4 is 17.5 Å². The highest BCUT2D eigenvalue weighted by atomic mass is 35.5. The summed E-state index contributed by atoms with van der Waals surface area (Å²) in [7, 11) is 1.93. The average Bonchev–Trinajstić information content (AvgIpc) is 3.37. The summed E-state index contributed by atoms with van der Waals surface area (Å²) in [5, 5.41) is 7.72. The van der Waals surface area contributed by atoms with Crippen molar-refractivity contribution in [2.45, 2.75) is 33.5 Å². The van der Waals surface area contributed by atoms with Crippen molar-refractivity contribution < 1.29 is 9.32 Å². The van der Waals surface area contributed by atoms with Gasteiger partial charge in [0.2, 0.25) is 11.7 Å². The third-order valence-electron chi connectivity index (χ3n) is 5.74. The molecule has 1 aromatic heterocycles. The van der Waals surface area contributed by atoms with E-state index < -0.39 is 0 Å². The SMILES string of the molecule is CCN(CCNC)Cc1nc(-c2cc(Cl)c3c(c2)CN(Cc2ccc(C)cc2)C3=O)no1. The zero-order valence-electron chi connectivity index (χ0n) is 18.7. The van der Waals surface area contributed by atoms with Crippen LogP contribution in [0.1, 0.15) is 39.9 Å². The van der Waals surface area contributed by atoms with E-state index in [1.54, 1.807) is 6.07 Å². The lowest BCUT2D eigenvalue weighted by Gasteiger charge is -2.17. The Morgan fingerprint density at radius 1 is 1.25 bits per heavy atom. The Hall–Kier alpha value is -2.74. The Morgan fingerprint density at radius 3 is 2.75 bits per heavy atom. The number of fused-ring (bicyclic) bond motifs is 1. The van der Waals surface area contributed by atoms with E-state index in [0.29, 0.717) is 41.9 Å². The van der Waals surface area contributed by atoms with Crippen LogP contribution < -0.4 is 5.32 Å². The maximum atomic E-state index is 13.0. The van der Waals surface area contributed by atoms with Crippen molar-refractivity contribution in [3.63, 3.8) is 0 Å². The minimum atomic E-state index is -0.0472. The van der Waals surface area contributed by atoms with E-state index in [0.717, 1.165) is 36.3 Å². The number of hydrogen-bond donors (Lipinski definition) is 1. The second-order valence-corrected chi connectivity index (χ2v) is 8.53. The first-order chi connectivity index (χ1) is 15.5. The van der Waals surface area contributed by atoms with E-state index >= 15 is 0 Å². The number of amides is 1. The minimum absolute atomic E-state index is 0.0472. The lowest BCUT2D eigenvalue weighted by Crippen LogP contribution is -2.30. The second-order valence-electron chi connectivity index (χ2n) is 8.12. The molecule has 1 aliphatic rings. The van der Waals surface area contributed by atoms with Gasteiger partial charge in [0.15, 0.2) is 0 Å². The smallest absolute Gasteiger partial charge is 0.256 e. The summed E-state index contributed by atoms with van der Waals surface area (Å²) in [5.41, 5.74) is 4.50. The molecule has 7 nitrogen and oxygen atoms in total. The average molecular weight is 454 g/mol. The van der Waals surface area contributed by atoms with Gasteiger partial charge in [-0.25, -0.2) is 0 Å². The van der Waals surface area contributed by atoms with Crippen LogP contribution in [-0.4, -0.2) is 52.5 Å². The summed E-state index contributed by atoms with van der Waals surface area (Å²) in [6, 6.07) is 11.9. The van der Waals surface area contributed by atoms with Gasteiger partial charge in [-0.3, -0.25) is 9.69 Å². The molecule has 0 atom stereocenters. The lowest BCUT2D eigenvalue weighted by atomic mass is 10.1. The first kappa shape index (κ1) is 22.5. The van der Waals surface area contributed by atoms with E-state index in [4.69, 9.17) is 16.1 Å². The number of halogens is 1. The van der Waals surface area contributed by atoms with Crippen molar-refractivity contribution in [3.05, 3.63) is 69.6 Å². The predicted molar refractivity (Wildman–Crippen MR) is 124 cm³/mol. The fourth-order valence-electron chi connectivity index (χ4n) is 3.88. The van der Waals surface area contributed by atoms with Gasteiger partial charge in [-0.2, -0.15) is 4.98 Å². The van der Waals surface area contributed by atoms with E-state index in [2.05, 4.69) is 51.5 Å². The number of rotatable bonds is 9. The molecule has 2 aromatic carbocycles. The summed E-state index contributed by atoms with van der Waals surface area (Å²) in [5.74, 6) is 1.000. The molecule has 0 radical (unpaired) electrons. The van der Waals surface area contributed by atoms with E-state index in [1.807, 2.05) is 24.9 Å². The van der Waals surface area contributed by atoms with Crippen LogP contribution in [0.25, 0.3) is 11.4 Å². The molecule has 0 bridgehead atoms. The summed E-state index contributed by atoms with van der Waals surface area (Å²) in [4.78, 5) is 21.6. The van der Waals surface area contributed by atoms with Crippen LogP contribution in [0, 0.1) is 6.92 Å². The number of nitrogens with one attached hydrogen (secondary N) is 1. The molecule has 0 saturated heterocycles. The summed E-state index contributed by atoms with van der Waals surface area (Å²) < 4.78 is 5.48. The molecule has 8 heteroatoms. The molecule has 1 amide bonds. The van der Waals surface area contributed by atoms with Gasteiger partial charge in [0, 0.05) is 31.7 Å². The molecule has 2 heterocycles. The predicted octanol–water partition coefficient (Wildman–Crippen LogP) is 3.90.